The molecule has 0 spiro atoms. The van der Waals surface area contributed by atoms with Gasteiger partial charge in [0.2, 0.25) is 5.91 Å². The van der Waals surface area contributed by atoms with Crippen LogP contribution < -0.4 is 0 Å². The minimum absolute atomic E-state index is 0.0497. The number of nitrogens with zero attached hydrogens (tertiary/aromatic N) is 1. The van der Waals surface area contributed by atoms with Gasteiger partial charge >= 0.3 is 0 Å². The molecular formula is C14H18FNO2S. The summed E-state index contributed by atoms with van der Waals surface area (Å²) >= 11 is 1.24. The molecule has 0 radical (unpaired) electrons. The molecule has 1 amide bonds. The maximum Gasteiger partial charge on any atom is 0.232 e. The quantitative estimate of drug-likeness (QED) is 0.842. The van der Waals surface area contributed by atoms with Gasteiger partial charge in [-0.15, -0.1) is 11.8 Å². The lowest BCUT2D eigenvalue weighted by molar-refractivity contribution is -0.127. The van der Waals surface area contributed by atoms with Crippen molar-refractivity contribution in [1.82, 2.24) is 4.90 Å². The first-order valence-electron chi connectivity index (χ1n) is 6.46. The number of hydrogen-bond donors (Lipinski definition) is 1. The van der Waals surface area contributed by atoms with E-state index in [-0.39, 0.29) is 24.1 Å². The second kappa shape index (κ2) is 6.91. The zero-order valence-electron chi connectivity index (χ0n) is 10.7. The Labute approximate surface area is 116 Å². The highest BCUT2D eigenvalue weighted by Crippen LogP contribution is 2.24. The van der Waals surface area contributed by atoms with E-state index in [4.69, 9.17) is 5.11 Å². The Bertz CT molecular complexity index is 441. The molecule has 5 heteroatoms. The topological polar surface area (TPSA) is 40.5 Å². The van der Waals surface area contributed by atoms with Gasteiger partial charge in [0.1, 0.15) is 5.82 Å². The number of amides is 1. The predicted octanol–water partition coefficient (Wildman–Crippen LogP) is 2.15. The largest absolute Gasteiger partial charge is 0.396 e. The van der Waals surface area contributed by atoms with Crippen molar-refractivity contribution < 1.29 is 14.3 Å². The maximum absolute atomic E-state index is 13.4. The molecular weight excluding hydrogens is 265 g/mol. The monoisotopic (exact) mass is 283 g/mol. The van der Waals surface area contributed by atoms with Gasteiger partial charge in [0.25, 0.3) is 0 Å². The molecule has 104 valence electrons. The van der Waals surface area contributed by atoms with Gasteiger partial charge in [-0.3, -0.25) is 4.79 Å². The normalized spacial score (nSPS) is 18.8. The van der Waals surface area contributed by atoms with Crippen LogP contribution in [0.15, 0.2) is 29.2 Å². The first-order valence-corrected chi connectivity index (χ1v) is 7.45. The lowest BCUT2D eigenvalue weighted by Crippen LogP contribution is -2.30. The molecule has 0 aliphatic carbocycles. The van der Waals surface area contributed by atoms with E-state index in [1.807, 2.05) is 4.90 Å². The summed E-state index contributed by atoms with van der Waals surface area (Å²) in [6.07, 6.45) is 1.71. The van der Waals surface area contributed by atoms with E-state index in [0.717, 1.165) is 25.9 Å². The first-order chi connectivity index (χ1) is 9.20. The van der Waals surface area contributed by atoms with Crippen molar-refractivity contribution in [2.45, 2.75) is 17.7 Å². The van der Waals surface area contributed by atoms with E-state index in [2.05, 4.69) is 0 Å². The van der Waals surface area contributed by atoms with Crippen LogP contribution in [0.5, 0.6) is 0 Å². The summed E-state index contributed by atoms with van der Waals surface area (Å²) in [7, 11) is 0. The molecule has 1 aliphatic heterocycles. The Morgan fingerprint density at radius 2 is 2.26 bits per heavy atom. The Hall–Kier alpha value is -1.07. The van der Waals surface area contributed by atoms with Crippen molar-refractivity contribution in [1.29, 1.82) is 0 Å². The van der Waals surface area contributed by atoms with Crippen LogP contribution in [0, 0.1) is 11.7 Å². The highest BCUT2D eigenvalue weighted by molar-refractivity contribution is 8.00. The van der Waals surface area contributed by atoms with Crippen LogP contribution >= 0.6 is 11.8 Å². The van der Waals surface area contributed by atoms with Crippen LogP contribution in [0.4, 0.5) is 4.39 Å². The standard InChI is InChI=1S/C14H18FNO2S/c15-12-3-1-2-4-13(12)19-10-14(18)16-7-5-11(9-16)6-8-17/h1-4,11,17H,5-10H2. The van der Waals surface area contributed by atoms with Gasteiger partial charge in [0.05, 0.1) is 5.75 Å². The van der Waals surface area contributed by atoms with Crippen molar-refractivity contribution >= 4 is 17.7 Å². The van der Waals surface area contributed by atoms with E-state index in [9.17, 15) is 9.18 Å². The molecule has 1 heterocycles. The third kappa shape index (κ3) is 3.94. The van der Waals surface area contributed by atoms with Gasteiger partial charge in [-0.25, -0.2) is 4.39 Å². The third-order valence-electron chi connectivity index (χ3n) is 3.36. The third-order valence-corrected chi connectivity index (χ3v) is 4.40. The summed E-state index contributed by atoms with van der Waals surface area (Å²) in [5, 5.41) is 8.88. The van der Waals surface area contributed by atoms with Crippen molar-refractivity contribution in [3.8, 4) is 0 Å². The smallest absolute Gasteiger partial charge is 0.232 e. The number of carbonyl (C=O) groups excluding carboxylic acids is 1. The molecule has 0 bridgehead atoms. The SMILES string of the molecule is O=C(CSc1ccccc1F)N1CCC(CCO)C1. The van der Waals surface area contributed by atoms with Gasteiger partial charge < -0.3 is 10.0 Å². The van der Waals surface area contributed by atoms with E-state index in [0.29, 0.717) is 10.8 Å². The van der Waals surface area contributed by atoms with Crippen molar-refractivity contribution in [3.63, 3.8) is 0 Å². The highest BCUT2D eigenvalue weighted by Gasteiger charge is 2.25. The molecule has 1 N–H and O–H groups in total. The number of hydrogen-bond acceptors (Lipinski definition) is 3. The molecule has 19 heavy (non-hydrogen) atoms. The predicted molar refractivity (Wildman–Crippen MR) is 73.5 cm³/mol. The van der Waals surface area contributed by atoms with Crippen molar-refractivity contribution in [2.24, 2.45) is 5.92 Å². The Morgan fingerprint density at radius 3 is 3.00 bits per heavy atom. The van der Waals surface area contributed by atoms with E-state index >= 15 is 0 Å². The molecule has 0 saturated carbocycles. The number of likely N-dealkylation sites (tertiary alicyclic amines) is 1. The summed E-state index contributed by atoms with van der Waals surface area (Å²) in [4.78, 5) is 14.3. The second-order valence-corrected chi connectivity index (χ2v) is 5.74. The Kier molecular flexibility index (Phi) is 5.22. The van der Waals surface area contributed by atoms with Crippen LogP contribution in [-0.4, -0.2) is 41.4 Å². The van der Waals surface area contributed by atoms with Crippen LogP contribution in [0.25, 0.3) is 0 Å². The number of halogens is 1. The fourth-order valence-corrected chi connectivity index (χ4v) is 3.11. The molecule has 1 aliphatic rings. The van der Waals surface area contributed by atoms with Crippen LogP contribution in [0.1, 0.15) is 12.8 Å². The summed E-state index contributed by atoms with van der Waals surface area (Å²) in [5.74, 6) is 0.452. The molecule has 1 fully saturated rings. The van der Waals surface area contributed by atoms with Gasteiger partial charge in [-0.1, -0.05) is 12.1 Å². The number of benzene rings is 1. The maximum atomic E-state index is 13.4. The zero-order valence-corrected chi connectivity index (χ0v) is 11.5. The van der Waals surface area contributed by atoms with E-state index in [1.165, 1.54) is 17.8 Å². The molecule has 3 nitrogen and oxygen atoms in total. The van der Waals surface area contributed by atoms with Crippen LogP contribution in [0.3, 0.4) is 0 Å². The fourth-order valence-electron chi connectivity index (χ4n) is 2.27. The van der Waals surface area contributed by atoms with Crippen LogP contribution in [0.2, 0.25) is 0 Å². The molecule has 1 aromatic rings. The summed E-state index contributed by atoms with van der Waals surface area (Å²) in [6.45, 7) is 1.65. The number of aliphatic hydroxyl groups is 1. The van der Waals surface area contributed by atoms with Gasteiger partial charge in [0, 0.05) is 24.6 Å². The average molecular weight is 283 g/mol. The van der Waals surface area contributed by atoms with E-state index in [1.54, 1.807) is 18.2 Å². The van der Waals surface area contributed by atoms with E-state index < -0.39 is 0 Å². The molecule has 1 saturated heterocycles. The number of aliphatic hydroxyl groups excluding tert-OH is 1. The lowest BCUT2D eigenvalue weighted by Gasteiger charge is -2.16. The number of rotatable bonds is 5. The van der Waals surface area contributed by atoms with Gasteiger partial charge in [0.15, 0.2) is 0 Å². The number of carbonyl (C=O) groups is 1. The molecule has 1 atom stereocenters. The molecule has 1 aromatic carbocycles. The van der Waals surface area contributed by atoms with Crippen molar-refractivity contribution in [2.75, 3.05) is 25.4 Å². The lowest BCUT2D eigenvalue weighted by atomic mass is 10.1. The van der Waals surface area contributed by atoms with Gasteiger partial charge in [-0.05, 0) is 30.9 Å². The molecule has 1 unspecified atom stereocenters. The fraction of sp³-hybridized carbons (Fsp3) is 0.500. The summed E-state index contributed by atoms with van der Waals surface area (Å²) in [6, 6.07) is 6.50. The second-order valence-electron chi connectivity index (χ2n) is 4.73. The molecule has 2 rings (SSSR count). The minimum atomic E-state index is -0.278. The minimum Gasteiger partial charge on any atom is -0.396 e. The highest BCUT2D eigenvalue weighted by atomic mass is 32.2. The Balaban J connectivity index is 1.81. The molecule has 0 aromatic heterocycles. The van der Waals surface area contributed by atoms with Gasteiger partial charge in [-0.2, -0.15) is 0 Å². The zero-order chi connectivity index (χ0) is 13.7. The number of thioether (sulfide) groups is 1. The average Bonchev–Trinajstić information content (AvgIpc) is 2.87. The summed E-state index contributed by atoms with van der Waals surface area (Å²) < 4.78 is 13.4. The summed E-state index contributed by atoms with van der Waals surface area (Å²) in [5.41, 5.74) is 0. The van der Waals surface area contributed by atoms with Crippen molar-refractivity contribution in [3.05, 3.63) is 30.1 Å². The Morgan fingerprint density at radius 1 is 1.47 bits per heavy atom. The van der Waals surface area contributed by atoms with Crippen LogP contribution in [-0.2, 0) is 4.79 Å². The first kappa shape index (κ1) is 14.3.